The Labute approximate surface area is 125 Å². The van der Waals surface area contributed by atoms with Gasteiger partial charge in [-0.05, 0) is 36.8 Å². The van der Waals surface area contributed by atoms with Crippen LogP contribution in [0.4, 0.5) is 0 Å². The van der Waals surface area contributed by atoms with Crippen molar-refractivity contribution >= 4 is 5.57 Å². The molecule has 0 aliphatic carbocycles. The second-order valence-electron chi connectivity index (χ2n) is 6.00. The first-order valence-electron chi connectivity index (χ1n) is 7.25. The molecule has 5 heteroatoms. The number of aryl methyl sites for hydroxylation is 1. The molecule has 0 fully saturated rings. The van der Waals surface area contributed by atoms with Gasteiger partial charge in [0.15, 0.2) is 0 Å². The Morgan fingerprint density at radius 2 is 2.00 bits per heavy atom. The number of likely N-dealkylation sites (N-methyl/N-ethyl adjacent to an activating group) is 2. The minimum atomic E-state index is -0.126. The van der Waals surface area contributed by atoms with E-state index in [1.807, 2.05) is 31.4 Å². The van der Waals surface area contributed by atoms with Crippen molar-refractivity contribution in [1.82, 2.24) is 14.4 Å². The summed E-state index contributed by atoms with van der Waals surface area (Å²) in [5, 5.41) is 0. The van der Waals surface area contributed by atoms with Crippen molar-refractivity contribution in [3.63, 3.8) is 0 Å². The maximum absolute atomic E-state index is 12.3. The summed E-state index contributed by atoms with van der Waals surface area (Å²) in [5.41, 5.74) is 10.6. The number of hydrogen-bond acceptors (Lipinski definition) is 4. The van der Waals surface area contributed by atoms with E-state index in [-0.39, 0.29) is 11.7 Å². The van der Waals surface area contributed by atoms with Gasteiger partial charge in [0.05, 0.1) is 6.17 Å². The van der Waals surface area contributed by atoms with Crippen LogP contribution in [0.25, 0.3) is 5.57 Å². The Hall–Kier alpha value is -1.85. The summed E-state index contributed by atoms with van der Waals surface area (Å²) in [6.45, 7) is 1.75. The van der Waals surface area contributed by atoms with Crippen molar-refractivity contribution in [2.45, 2.75) is 19.1 Å². The monoisotopic (exact) mass is 286 g/mol. The number of nitrogens with two attached hydrogens (primary N) is 1. The van der Waals surface area contributed by atoms with Crippen LogP contribution in [0.5, 0.6) is 0 Å². The first kappa shape index (κ1) is 14.1. The molecule has 0 bridgehead atoms. The normalized spacial score (nSPS) is 22.2. The fourth-order valence-corrected chi connectivity index (χ4v) is 3.01. The van der Waals surface area contributed by atoms with Gasteiger partial charge in [-0.3, -0.25) is 4.79 Å². The van der Waals surface area contributed by atoms with E-state index in [0.29, 0.717) is 0 Å². The van der Waals surface area contributed by atoms with Crippen LogP contribution >= 0.6 is 0 Å². The van der Waals surface area contributed by atoms with E-state index in [0.717, 1.165) is 41.8 Å². The lowest BCUT2D eigenvalue weighted by Gasteiger charge is -2.29. The molecule has 0 amide bonds. The van der Waals surface area contributed by atoms with Crippen molar-refractivity contribution < 1.29 is 0 Å². The summed E-state index contributed by atoms with van der Waals surface area (Å²) in [7, 11) is 5.87. The zero-order chi connectivity index (χ0) is 15.1. The minimum Gasteiger partial charge on any atom is -0.362 e. The van der Waals surface area contributed by atoms with Crippen molar-refractivity contribution in [3.05, 3.63) is 51.6 Å². The molecule has 3 rings (SSSR count). The molecule has 21 heavy (non-hydrogen) atoms. The Balaban J connectivity index is 2.16. The molecule has 5 nitrogen and oxygen atoms in total. The van der Waals surface area contributed by atoms with Gasteiger partial charge in [0.2, 0.25) is 0 Å². The van der Waals surface area contributed by atoms with Crippen molar-refractivity contribution in [2.24, 2.45) is 12.8 Å². The van der Waals surface area contributed by atoms with Crippen LogP contribution in [0.3, 0.4) is 0 Å². The molecule has 0 saturated carbocycles. The van der Waals surface area contributed by atoms with Gasteiger partial charge in [0.1, 0.15) is 0 Å². The Morgan fingerprint density at radius 1 is 1.24 bits per heavy atom. The fourth-order valence-electron chi connectivity index (χ4n) is 3.01. The fraction of sp³-hybridized carbons (Fsp3) is 0.438. The van der Waals surface area contributed by atoms with Gasteiger partial charge in [-0.1, -0.05) is 0 Å². The van der Waals surface area contributed by atoms with Crippen LogP contribution in [0.15, 0.2) is 29.3 Å². The van der Waals surface area contributed by atoms with Crippen molar-refractivity contribution in [2.75, 3.05) is 20.6 Å². The SMILES string of the molecule is CN1CCc2c(c(C3=CC(N)N(C)C=C3)cn(C)c2=O)C1. The predicted molar refractivity (Wildman–Crippen MR) is 84.6 cm³/mol. The Bertz CT molecular complexity index is 686. The summed E-state index contributed by atoms with van der Waals surface area (Å²) in [4.78, 5) is 16.6. The average Bonchev–Trinajstić information content (AvgIpc) is 2.46. The molecule has 1 aromatic heterocycles. The highest BCUT2D eigenvalue weighted by molar-refractivity contribution is 5.77. The van der Waals surface area contributed by atoms with Gasteiger partial charge < -0.3 is 20.1 Å². The number of rotatable bonds is 1. The van der Waals surface area contributed by atoms with Crippen LogP contribution in [-0.4, -0.2) is 41.2 Å². The standard InChI is InChI=1S/C16H22N4O/c1-18-6-5-12-14(9-18)13(10-20(3)16(12)21)11-4-7-19(2)15(17)8-11/h4,7-8,10,15H,5-6,9,17H2,1-3H3. The maximum Gasteiger partial charge on any atom is 0.253 e. The highest BCUT2D eigenvalue weighted by Crippen LogP contribution is 2.27. The molecule has 1 aromatic rings. The maximum atomic E-state index is 12.3. The quantitative estimate of drug-likeness (QED) is 0.817. The molecule has 1 atom stereocenters. The number of nitrogens with zero attached hydrogens (tertiary/aromatic N) is 3. The molecule has 0 radical (unpaired) electrons. The van der Waals surface area contributed by atoms with Gasteiger partial charge in [0, 0.05) is 50.7 Å². The number of hydrogen-bond donors (Lipinski definition) is 1. The second-order valence-corrected chi connectivity index (χ2v) is 6.00. The molecule has 2 N–H and O–H groups in total. The van der Waals surface area contributed by atoms with E-state index >= 15 is 0 Å². The largest absolute Gasteiger partial charge is 0.362 e. The molecule has 2 aliphatic rings. The van der Waals surface area contributed by atoms with Crippen LogP contribution in [-0.2, 0) is 20.0 Å². The van der Waals surface area contributed by atoms with Crippen LogP contribution in [0, 0.1) is 0 Å². The molecule has 0 aromatic carbocycles. The molecule has 112 valence electrons. The van der Waals surface area contributed by atoms with Crippen molar-refractivity contribution in [3.8, 4) is 0 Å². The molecule has 0 spiro atoms. The van der Waals surface area contributed by atoms with Gasteiger partial charge >= 0.3 is 0 Å². The lowest BCUT2D eigenvalue weighted by atomic mass is 9.92. The first-order valence-corrected chi connectivity index (χ1v) is 7.25. The molecular formula is C16H22N4O. The van der Waals surface area contributed by atoms with E-state index in [4.69, 9.17) is 5.73 Å². The topological polar surface area (TPSA) is 54.5 Å². The summed E-state index contributed by atoms with van der Waals surface area (Å²) in [6, 6.07) is 0. The summed E-state index contributed by atoms with van der Waals surface area (Å²) in [6.07, 6.45) is 8.74. The number of aromatic nitrogens is 1. The zero-order valence-corrected chi connectivity index (χ0v) is 12.8. The lowest BCUT2D eigenvalue weighted by molar-refractivity contribution is 0.310. The smallest absolute Gasteiger partial charge is 0.253 e. The third-order valence-electron chi connectivity index (χ3n) is 4.38. The Morgan fingerprint density at radius 3 is 2.71 bits per heavy atom. The minimum absolute atomic E-state index is 0.126. The van der Waals surface area contributed by atoms with Crippen molar-refractivity contribution in [1.29, 1.82) is 0 Å². The van der Waals surface area contributed by atoms with Crippen LogP contribution in [0.1, 0.15) is 16.7 Å². The van der Waals surface area contributed by atoms with Crippen LogP contribution in [0.2, 0.25) is 0 Å². The summed E-state index contributed by atoms with van der Waals surface area (Å²) < 4.78 is 1.69. The molecular weight excluding hydrogens is 264 g/mol. The highest BCUT2D eigenvalue weighted by atomic mass is 16.1. The number of fused-ring (bicyclic) bond motifs is 1. The zero-order valence-electron chi connectivity index (χ0n) is 12.8. The number of pyridine rings is 1. The average molecular weight is 286 g/mol. The van der Waals surface area contributed by atoms with E-state index in [9.17, 15) is 4.79 Å². The van der Waals surface area contributed by atoms with E-state index in [1.165, 1.54) is 0 Å². The number of allylic oxidation sites excluding steroid dienone is 2. The molecule has 2 aliphatic heterocycles. The molecule has 0 saturated heterocycles. The van der Waals surface area contributed by atoms with Gasteiger partial charge in [-0.15, -0.1) is 0 Å². The molecule has 1 unspecified atom stereocenters. The summed E-state index contributed by atoms with van der Waals surface area (Å²) >= 11 is 0. The third-order valence-corrected chi connectivity index (χ3v) is 4.38. The van der Waals surface area contributed by atoms with E-state index in [1.54, 1.807) is 4.57 Å². The molecule has 3 heterocycles. The van der Waals surface area contributed by atoms with E-state index in [2.05, 4.69) is 24.1 Å². The highest BCUT2D eigenvalue weighted by Gasteiger charge is 2.23. The van der Waals surface area contributed by atoms with Gasteiger partial charge in [-0.2, -0.15) is 0 Å². The van der Waals surface area contributed by atoms with Gasteiger partial charge in [-0.25, -0.2) is 0 Å². The first-order chi connectivity index (χ1) is 9.97. The second kappa shape index (κ2) is 5.16. The predicted octanol–water partition coefficient (Wildman–Crippen LogP) is 0.500. The van der Waals surface area contributed by atoms with E-state index < -0.39 is 0 Å². The summed E-state index contributed by atoms with van der Waals surface area (Å²) in [5.74, 6) is 0. The third kappa shape index (κ3) is 2.43. The lowest BCUT2D eigenvalue weighted by Crippen LogP contribution is -2.36. The Kier molecular flexibility index (Phi) is 3.47. The van der Waals surface area contributed by atoms with Gasteiger partial charge in [0.25, 0.3) is 5.56 Å². The van der Waals surface area contributed by atoms with Crippen LogP contribution < -0.4 is 11.3 Å².